The first-order valence-electron chi connectivity index (χ1n) is 5.01. The summed E-state index contributed by atoms with van der Waals surface area (Å²) in [4.78, 5) is 12.8. The van der Waals surface area contributed by atoms with E-state index in [0.717, 1.165) is 19.4 Å². The Labute approximate surface area is 87.2 Å². The number of hydrogen-bond acceptors (Lipinski definition) is 5. The van der Waals surface area contributed by atoms with Crippen molar-refractivity contribution in [2.24, 2.45) is 7.05 Å². The van der Waals surface area contributed by atoms with E-state index in [9.17, 15) is 4.79 Å². The third kappa shape index (κ3) is 2.72. The van der Waals surface area contributed by atoms with Crippen LogP contribution < -0.4 is 10.6 Å². The van der Waals surface area contributed by atoms with Crippen molar-refractivity contribution in [2.75, 3.05) is 11.9 Å². The quantitative estimate of drug-likeness (QED) is 0.688. The van der Waals surface area contributed by atoms with E-state index >= 15 is 0 Å². The lowest BCUT2D eigenvalue weighted by molar-refractivity contribution is -0.116. The molecule has 1 unspecified atom stereocenters. The zero-order valence-corrected chi connectivity index (χ0v) is 8.60. The summed E-state index contributed by atoms with van der Waals surface area (Å²) in [5.74, 6) is 0.197. The van der Waals surface area contributed by atoms with Crippen LogP contribution in [0.4, 0.5) is 5.95 Å². The smallest absolute Gasteiger partial charge is 0.270 e. The SMILES string of the molecule is Cn1nnc(NC(=O)CC2CCCN2)n1. The highest BCUT2D eigenvalue weighted by atomic mass is 16.1. The van der Waals surface area contributed by atoms with Crippen LogP contribution in [0.5, 0.6) is 0 Å². The number of amides is 1. The number of tetrazole rings is 1. The van der Waals surface area contributed by atoms with Crippen LogP contribution in [0.25, 0.3) is 0 Å². The van der Waals surface area contributed by atoms with Gasteiger partial charge in [0.25, 0.3) is 5.95 Å². The first-order valence-corrected chi connectivity index (χ1v) is 5.01. The standard InChI is InChI=1S/C8H14N6O/c1-14-12-8(11-13-14)10-7(15)5-6-3-2-4-9-6/h6,9H,2-5H2,1H3,(H,10,12,15). The van der Waals surface area contributed by atoms with Crippen LogP contribution in [0.3, 0.4) is 0 Å². The van der Waals surface area contributed by atoms with E-state index in [0.29, 0.717) is 12.5 Å². The molecule has 15 heavy (non-hydrogen) atoms. The molecule has 2 rings (SSSR count). The van der Waals surface area contributed by atoms with Crippen molar-refractivity contribution in [1.29, 1.82) is 0 Å². The summed E-state index contributed by atoms with van der Waals surface area (Å²) in [6.07, 6.45) is 2.67. The summed E-state index contributed by atoms with van der Waals surface area (Å²) in [5, 5.41) is 17.0. The first kappa shape index (κ1) is 10.0. The highest BCUT2D eigenvalue weighted by Crippen LogP contribution is 2.09. The molecule has 0 aliphatic carbocycles. The van der Waals surface area contributed by atoms with E-state index in [1.165, 1.54) is 4.80 Å². The minimum absolute atomic E-state index is 0.0672. The van der Waals surface area contributed by atoms with Gasteiger partial charge in [0, 0.05) is 12.5 Å². The predicted octanol–water partition coefficient (Wildman–Crippen LogP) is -0.709. The van der Waals surface area contributed by atoms with E-state index in [-0.39, 0.29) is 11.9 Å². The number of aromatic nitrogens is 4. The summed E-state index contributed by atoms with van der Waals surface area (Å²) in [6.45, 7) is 1.00. The molecule has 82 valence electrons. The molecule has 7 heteroatoms. The highest BCUT2D eigenvalue weighted by molar-refractivity contribution is 5.89. The van der Waals surface area contributed by atoms with Gasteiger partial charge in [0.2, 0.25) is 5.91 Å². The summed E-state index contributed by atoms with van der Waals surface area (Å²) in [5.41, 5.74) is 0. The molecule has 1 aliphatic rings. The van der Waals surface area contributed by atoms with Crippen molar-refractivity contribution >= 4 is 11.9 Å². The Balaban J connectivity index is 1.81. The van der Waals surface area contributed by atoms with Gasteiger partial charge in [0.15, 0.2) is 0 Å². The van der Waals surface area contributed by atoms with Crippen LogP contribution in [0.2, 0.25) is 0 Å². The lowest BCUT2D eigenvalue weighted by atomic mass is 10.1. The van der Waals surface area contributed by atoms with Crippen LogP contribution >= 0.6 is 0 Å². The number of carbonyl (C=O) groups is 1. The van der Waals surface area contributed by atoms with Gasteiger partial charge in [-0.3, -0.25) is 10.1 Å². The number of nitrogens with one attached hydrogen (secondary N) is 2. The Morgan fingerprint density at radius 3 is 3.20 bits per heavy atom. The maximum Gasteiger partial charge on any atom is 0.270 e. The molecule has 1 fully saturated rings. The summed E-state index contributed by atoms with van der Waals surface area (Å²) < 4.78 is 0. The molecule has 0 radical (unpaired) electrons. The number of anilines is 1. The minimum atomic E-state index is -0.0672. The summed E-state index contributed by atoms with van der Waals surface area (Å²) in [7, 11) is 1.65. The lowest BCUT2D eigenvalue weighted by Crippen LogP contribution is -2.27. The highest BCUT2D eigenvalue weighted by Gasteiger charge is 2.18. The maximum atomic E-state index is 11.5. The average molecular weight is 210 g/mol. The lowest BCUT2D eigenvalue weighted by Gasteiger charge is -2.07. The molecule has 2 N–H and O–H groups in total. The van der Waals surface area contributed by atoms with E-state index in [1.807, 2.05) is 0 Å². The average Bonchev–Trinajstić information content (AvgIpc) is 2.77. The van der Waals surface area contributed by atoms with Crippen LogP contribution in [-0.2, 0) is 11.8 Å². The molecule has 1 aromatic rings. The molecule has 1 saturated heterocycles. The Morgan fingerprint density at radius 2 is 2.60 bits per heavy atom. The monoisotopic (exact) mass is 210 g/mol. The second-order valence-electron chi connectivity index (χ2n) is 3.65. The number of nitrogens with zero attached hydrogens (tertiary/aromatic N) is 4. The Kier molecular flexibility index (Phi) is 2.91. The molecule has 1 atom stereocenters. The van der Waals surface area contributed by atoms with Crippen LogP contribution in [0, 0.1) is 0 Å². The van der Waals surface area contributed by atoms with Crippen molar-refractivity contribution in [2.45, 2.75) is 25.3 Å². The first-order chi connectivity index (χ1) is 7.24. The van der Waals surface area contributed by atoms with Gasteiger partial charge in [-0.2, -0.15) is 4.80 Å². The zero-order chi connectivity index (χ0) is 10.7. The minimum Gasteiger partial charge on any atom is -0.313 e. The number of hydrogen-bond donors (Lipinski definition) is 2. The van der Waals surface area contributed by atoms with Crippen molar-refractivity contribution in [1.82, 2.24) is 25.5 Å². The number of carbonyl (C=O) groups excluding carboxylic acids is 1. The predicted molar refractivity (Wildman–Crippen MR) is 53.1 cm³/mol. The fourth-order valence-corrected chi connectivity index (χ4v) is 1.66. The fraction of sp³-hybridized carbons (Fsp3) is 0.750. The third-order valence-corrected chi connectivity index (χ3v) is 2.35. The van der Waals surface area contributed by atoms with Crippen molar-refractivity contribution in [3.05, 3.63) is 0 Å². The molecule has 1 aliphatic heterocycles. The second kappa shape index (κ2) is 4.35. The fourth-order valence-electron chi connectivity index (χ4n) is 1.66. The maximum absolute atomic E-state index is 11.5. The van der Waals surface area contributed by atoms with E-state index in [2.05, 4.69) is 26.0 Å². The second-order valence-corrected chi connectivity index (χ2v) is 3.65. The van der Waals surface area contributed by atoms with Gasteiger partial charge in [-0.1, -0.05) is 5.10 Å². The molecule has 7 nitrogen and oxygen atoms in total. The Hall–Kier alpha value is -1.50. The summed E-state index contributed by atoms with van der Waals surface area (Å²) in [6, 6.07) is 0.293. The normalized spacial score (nSPS) is 20.5. The van der Waals surface area contributed by atoms with Crippen LogP contribution in [-0.4, -0.2) is 38.7 Å². The van der Waals surface area contributed by atoms with Gasteiger partial charge < -0.3 is 5.32 Å². The van der Waals surface area contributed by atoms with Gasteiger partial charge in [-0.15, -0.1) is 5.10 Å². The largest absolute Gasteiger partial charge is 0.313 e. The Morgan fingerprint density at radius 1 is 1.73 bits per heavy atom. The molecular weight excluding hydrogens is 196 g/mol. The molecular formula is C8H14N6O. The molecule has 1 aromatic heterocycles. The Bertz CT molecular complexity index is 343. The van der Waals surface area contributed by atoms with Crippen molar-refractivity contribution in [3.8, 4) is 0 Å². The number of aryl methyl sites for hydroxylation is 1. The topological polar surface area (TPSA) is 84.7 Å². The van der Waals surface area contributed by atoms with Crippen molar-refractivity contribution < 1.29 is 4.79 Å². The van der Waals surface area contributed by atoms with Crippen LogP contribution in [0.1, 0.15) is 19.3 Å². The van der Waals surface area contributed by atoms with Gasteiger partial charge in [-0.05, 0) is 24.6 Å². The molecule has 0 spiro atoms. The molecule has 0 bridgehead atoms. The third-order valence-electron chi connectivity index (χ3n) is 2.35. The molecule has 0 saturated carbocycles. The van der Waals surface area contributed by atoms with Gasteiger partial charge in [0.1, 0.15) is 0 Å². The summed E-state index contributed by atoms with van der Waals surface area (Å²) >= 11 is 0. The zero-order valence-electron chi connectivity index (χ0n) is 8.60. The van der Waals surface area contributed by atoms with Gasteiger partial charge in [-0.25, -0.2) is 0 Å². The number of rotatable bonds is 3. The molecule has 2 heterocycles. The van der Waals surface area contributed by atoms with Crippen molar-refractivity contribution in [3.63, 3.8) is 0 Å². The van der Waals surface area contributed by atoms with Gasteiger partial charge in [0.05, 0.1) is 7.05 Å². The van der Waals surface area contributed by atoms with Crippen LogP contribution in [0.15, 0.2) is 0 Å². The molecule has 1 amide bonds. The molecule has 0 aromatic carbocycles. The van der Waals surface area contributed by atoms with E-state index < -0.39 is 0 Å². The van der Waals surface area contributed by atoms with E-state index in [4.69, 9.17) is 0 Å². The van der Waals surface area contributed by atoms with E-state index in [1.54, 1.807) is 7.05 Å². The van der Waals surface area contributed by atoms with Gasteiger partial charge >= 0.3 is 0 Å².